The van der Waals surface area contributed by atoms with Gasteiger partial charge in [0.05, 0.1) is 17.5 Å². The maximum Gasteiger partial charge on any atom is 0.314 e. The molecule has 8 heteroatoms. The van der Waals surface area contributed by atoms with Crippen LogP contribution >= 0.6 is 11.6 Å². The van der Waals surface area contributed by atoms with E-state index in [0.29, 0.717) is 33.6 Å². The molecule has 5 rings (SSSR count). The van der Waals surface area contributed by atoms with Crippen LogP contribution in [0.15, 0.2) is 77.0 Å². The zero-order chi connectivity index (χ0) is 38.1. The first-order valence-corrected chi connectivity index (χ1v) is 21.2. The van der Waals surface area contributed by atoms with Crippen LogP contribution in [0, 0.1) is 23.7 Å². The Balaban J connectivity index is 1.24. The first kappa shape index (κ1) is 41.5. The third-order valence-corrected chi connectivity index (χ3v) is 11.6. The molecular weight excluding hydrogens is 696 g/mol. The maximum atomic E-state index is 13.3. The lowest BCUT2D eigenvalue weighted by Gasteiger charge is -2.27. The molecule has 0 unspecified atom stereocenters. The van der Waals surface area contributed by atoms with Crippen molar-refractivity contribution in [3.05, 3.63) is 77.3 Å². The summed E-state index contributed by atoms with van der Waals surface area (Å²) >= 11 is 6.20. The van der Waals surface area contributed by atoms with Gasteiger partial charge in [-0.05, 0) is 124 Å². The van der Waals surface area contributed by atoms with Crippen LogP contribution in [0.2, 0.25) is 5.02 Å². The van der Waals surface area contributed by atoms with Gasteiger partial charge in [-0.2, -0.15) is 5.11 Å². The third-order valence-electron chi connectivity index (χ3n) is 11.3. The van der Waals surface area contributed by atoms with Gasteiger partial charge in [-0.25, -0.2) is 0 Å². The van der Waals surface area contributed by atoms with Gasteiger partial charge in [0, 0.05) is 11.1 Å². The summed E-state index contributed by atoms with van der Waals surface area (Å²) in [7, 11) is 0. The van der Waals surface area contributed by atoms with Crippen molar-refractivity contribution in [3.8, 4) is 17.2 Å². The Morgan fingerprint density at radius 3 is 1.72 bits per heavy atom. The molecule has 3 aromatic carbocycles. The summed E-state index contributed by atoms with van der Waals surface area (Å²) in [5.41, 5.74) is 2.11. The molecule has 54 heavy (non-hydrogen) atoms. The molecule has 1 atom stereocenters. The number of unbranched alkanes of at least 4 members (excludes halogenated alkanes) is 4. The van der Waals surface area contributed by atoms with Gasteiger partial charge in [-0.1, -0.05) is 102 Å². The number of azo groups is 1. The summed E-state index contributed by atoms with van der Waals surface area (Å²) < 4.78 is 18.4. The van der Waals surface area contributed by atoms with E-state index in [1.165, 1.54) is 51.4 Å². The fourth-order valence-corrected chi connectivity index (χ4v) is 8.08. The van der Waals surface area contributed by atoms with Crippen LogP contribution in [0.4, 0.5) is 11.4 Å². The normalized spacial score (nSPS) is 20.7. The number of hydrogen-bond acceptors (Lipinski definition) is 7. The van der Waals surface area contributed by atoms with Crippen molar-refractivity contribution in [1.29, 1.82) is 0 Å². The molecule has 0 heterocycles. The van der Waals surface area contributed by atoms with Gasteiger partial charge in [0.15, 0.2) is 5.75 Å². The van der Waals surface area contributed by atoms with Crippen molar-refractivity contribution in [2.75, 3.05) is 0 Å². The van der Waals surface area contributed by atoms with Gasteiger partial charge in [-0.15, -0.1) is 5.11 Å². The summed E-state index contributed by atoms with van der Waals surface area (Å²) in [6.45, 7) is 6.59. The quantitative estimate of drug-likeness (QED) is 0.0526. The number of rotatable bonds is 19. The lowest BCUT2D eigenvalue weighted by Crippen LogP contribution is -2.25. The van der Waals surface area contributed by atoms with Crippen LogP contribution in [-0.2, 0) is 9.59 Å². The molecule has 0 aliphatic heterocycles. The summed E-state index contributed by atoms with van der Waals surface area (Å²) in [4.78, 5) is 26.3. The van der Waals surface area contributed by atoms with Crippen molar-refractivity contribution in [3.63, 3.8) is 0 Å². The third kappa shape index (κ3) is 13.0. The Bertz CT molecular complexity index is 1610. The van der Waals surface area contributed by atoms with Crippen molar-refractivity contribution in [1.82, 2.24) is 0 Å². The van der Waals surface area contributed by atoms with Gasteiger partial charge in [0.1, 0.15) is 23.3 Å². The molecule has 0 spiro atoms. The van der Waals surface area contributed by atoms with Crippen LogP contribution < -0.4 is 14.2 Å². The number of nitrogens with zero attached hydrogens (tertiary/aromatic N) is 2. The zero-order valence-electron chi connectivity index (χ0n) is 32.8. The average molecular weight is 757 g/mol. The predicted molar refractivity (Wildman–Crippen MR) is 217 cm³/mol. The molecule has 0 N–H and O–H groups in total. The highest BCUT2D eigenvalue weighted by atomic mass is 35.5. The van der Waals surface area contributed by atoms with Gasteiger partial charge < -0.3 is 14.2 Å². The smallest absolute Gasteiger partial charge is 0.314 e. The minimum absolute atomic E-state index is 0.0350. The molecule has 0 aromatic heterocycles. The molecular formula is C46H61ClN2O5. The Morgan fingerprint density at radius 1 is 0.648 bits per heavy atom. The highest BCUT2D eigenvalue weighted by Crippen LogP contribution is 2.39. The van der Waals surface area contributed by atoms with Crippen LogP contribution in [0.5, 0.6) is 17.2 Å². The summed E-state index contributed by atoms with van der Waals surface area (Å²) in [6.07, 6.45) is 19.5. The van der Waals surface area contributed by atoms with E-state index < -0.39 is 0 Å². The summed E-state index contributed by atoms with van der Waals surface area (Å²) in [5.74, 6) is 2.43. The first-order valence-electron chi connectivity index (χ1n) is 20.9. The average Bonchev–Trinajstić information content (AvgIpc) is 3.19. The van der Waals surface area contributed by atoms with Crippen LogP contribution in [0.25, 0.3) is 0 Å². The molecule has 2 fully saturated rings. The van der Waals surface area contributed by atoms with Gasteiger partial charge >= 0.3 is 11.9 Å². The van der Waals surface area contributed by atoms with Gasteiger partial charge in [0.25, 0.3) is 0 Å². The van der Waals surface area contributed by atoms with E-state index >= 15 is 0 Å². The van der Waals surface area contributed by atoms with E-state index in [9.17, 15) is 9.59 Å². The van der Waals surface area contributed by atoms with Crippen LogP contribution in [0.1, 0.15) is 148 Å². The van der Waals surface area contributed by atoms with E-state index in [-0.39, 0.29) is 29.9 Å². The van der Waals surface area contributed by atoms with Gasteiger partial charge in [-0.3, -0.25) is 9.59 Å². The molecule has 0 amide bonds. The van der Waals surface area contributed by atoms with Crippen LogP contribution in [-0.4, -0.2) is 11.9 Å². The number of carbonyl (C=O) groups is 2. The molecule has 0 saturated heterocycles. The fraction of sp³-hybridized carbons (Fsp3) is 0.565. The van der Waals surface area contributed by atoms with Gasteiger partial charge in [0.2, 0.25) is 0 Å². The molecule has 0 bridgehead atoms. The Morgan fingerprint density at radius 2 is 1.19 bits per heavy atom. The van der Waals surface area contributed by atoms with E-state index in [1.807, 2.05) is 24.3 Å². The second-order valence-electron chi connectivity index (χ2n) is 15.5. The minimum atomic E-state index is -0.264. The highest BCUT2D eigenvalue weighted by Gasteiger charge is 2.29. The van der Waals surface area contributed by atoms with Crippen molar-refractivity contribution in [2.24, 2.45) is 33.9 Å². The highest BCUT2D eigenvalue weighted by molar-refractivity contribution is 6.30. The largest absolute Gasteiger partial charge is 0.483 e. The zero-order valence-corrected chi connectivity index (χ0v) is 33.5. The lowest BCUT2D eigenvalue weighted by molar-refractivity contribution is -0.141. The Hall–Kier alpha value is -3.71. The monoisotopic (exact) mass is 756 g/mol. The second kappa shape index (κ2) is 22.0. The maximum absolute atomic E-state index is 13.3. The molecule has 7 nitrogen and oxygen atoms in total. The molecule has 2 saturated carbocycles. The number of benzene rings is 3. The number of hydrogen-bond donors (Lipinski definition) is 0. The van der Waals surface area contributed by atoms with Crippen molar-refractivity contribution < 1.29 is 23.8 Å². The number of ether oxygens (including phenoxy) is 3. The number of halogens is 1. The first-order chi connectivity index (χ1) is 26.3. The molecule has 2 aliphatic rings. The Labute approximate surface area is 328 Å². The second-order valence-corrected chi connectivity index (χ2v) is 16.0. The standard InChI is InChI=1S/C46H61ClN2O5/c1-4-7-9-12-33-14-18-36(19-15-33)45(50)52-40-28-26-39(27-29-40)48-49-42-31-30-41(53-46(51)37-20-16-34(17-21-37)13-10-8-5-2)32-44(42)54-43(11-6-3)35-22-24-38(47)25-23-35/h22-34,36-37,43H,4-21H2,1-3H3/t33?,34?,36?,37?,43-/m1/s1. The van der Waals surface area contributed by atoms with Crippen molar-refractivity contribution >= 4 is 34.9 Å². The van der Waals surface area contributed by atoms with E-state index in [0.717, 1.165) is 81.6 Å². The van der Waals surface area contributed by atoms with Crippen LogP contribution in [0.3, 0.4) is 0 Å². The molecule has 292 valence electrons. The number of carbonyl (C=O) groups excluding carboxylic acids is 2. The van der Waals surface area contributed by atoms with E-state index in [1.54, 1.807) is 42.5 Å². The summed E-state index contributed by atoms with van der Waals surface area (Å²) in [6, 6.07) is 20.1. The van der Waals surface area contributed by atoms with E-state index in [4.69, 9.17) is 25.8 Å². The lowest BCUT2D eigenvalue weighted by atomic mass is 9.80. The molecule has 2 aliphatic carbocycles. The van der Waals surface area contributed by atoms with E-state index in [2.05, 4.69) is 31.0 Å². The SMILES string of the molecule is CCCCCC1CCC(C(=O)Oc2ccc(N=Nc3ccc(OC(=O)C4CCC(CCCCC)CC4)cc3O[C@H](CCC)c3ccc(Cl)cc3)cc2)CC1. The predicted octanol–water partition coefficient (Wildman–Crippen LogP) is 14.3. The topological polar surface area (TPSA) is 86.5 Å². The fourth-order valence-electron chi connectivity index (χ4n) is 7.95. The molecule has 0 radical (unpaired) electrons. The van der Waals surface area contributed by atoms with Crippen molar-refractivity contribution in [2.45, 2.75) is 142 Å². The minimum Gasteiger partial charge on any atom is -0.483 e. The molecule has 3 aromatic rings. The summed E-state index contributed by atoms with van der Waals surface area (Å²) in [5, 5.41) is 9.74. The Kier molecular flexibility index (Phi) is 16.9. The number of esters is 2.